The lowest BCUT2D eigenvalue weighted by Gasteiger charge is -2.24. The van der Waals surface area contributed by atoms with Crippen molar-refractivity contribution in [2.24, 2.45) is 5.41 Å². The minimum Gasteiger partial charge on any atom is -0.362 e. The Kier molecular flexibility index (Phi) is 2.22. The molecule has 2 aliphatic rings. The van der Waals surface area contributed by atoms with Crippen LogP contribution in [-0.4, -0.2) is 11.2 Å². The van der Waals surface area contributed by atoms with Gasteiger partial charge in [0.2, 0.25) is 0 Å². The first-order valence-corrected chi connectivity index (χ1v) is 6.71. The number of hydrogen-bond acceptors (Lipinski definition) is 1. The van der Waals surface area contributed by atoms with Gasteiger partial charge in [0.1, 0.15) is 11.2 Å². The topological polar surface area (TPSA) is 12.5 Å². The van der Waals surface area contributed by atoms with Gasteiger partial charge in [0.25, 0.3) is 0 Å². The Morgan fingerprint density at radius 2 is 1.76 bits per heavy atom. The Balaban J connectivity index is 1.82. The van der Waals surface area contributed by atoms with Crippen molar-refractivity contribution in [3.05, 3.63) is 34.9 Å². The zero-order valence-corrected chi connectivity index (χ0v) is 11.5. The van der Waals surface area contributed by atoms with E-state index in [1.165, 1.54) is 18.4 Å². The zero-order chi connectivity index (χ0) is 12.3. The van der Waals surface area contributed by atoms with E-state index < -0.39 is 0 Å². The summed E-state index contributed by atoms with van der Waals surface area (Å²) in [6.45, 7) is 6.92. The smallest absolute Gasteiger partial charge is 0.102 e. The van der Waals surface area contributed by atoms with Gasteiger partial charge < -0.3 is 4.74 Å². The summed E-state index contributed by atoms with van der Waals surface area (Å²) in [6.07, 6.45) is 3.46. The molecule has 2 unspecified atom stereocenters. The van der Waals surface area contributed by atoms with Gasteiger partial charge in [0.15, 0.2) is 0 Å². The first-order valence-electron chi connectivity index (χ1n) is 6.33. The molecule has 0 amide bonds. The summed E-state index contributed by atoms with van der Waals surface area (Å²) in [5.74, 6) is 0. The second kappa shape index (κ2) is 3.27. The molecule has 0 radical (unpaired) electrons. The molecule has 92 valence electrons. The summed E-state index contributed by atoms with van der Waals surface area (Å²) < 4.78 is 6.14. The van der Waals surface area contributed by atoms with Crippen molar-refractivity contribution in [2.75, 3.05) is 0 Å². The summed E-state index contributed by atoms with van der Waals surface area (Å²) in [4.78, 5) is 0. The van der Waals surface area contributed by atoms with Crippen LogP contribution in [0.15, 0.2) is 24.3 Å². The number of halogens is 1. The van der Waals surface area contributed by atoms with Crippen molar-refractivity contribution in [2.45, 2.75) is 51.2 Å². The minimum absolute atomic E-state index is 0.0691. The van der Waals surface area contributed by atoms with Gasteiger partial charge >= 0.3 is 0 Å². The lowest BCUT2D eigenvalue weighted by molar-refractivity contribution is 0.120. The van der Waals surface area contributed by atoms with Crippen molar-refractivity contribution in [3.63, 3.8) is 0 Å². The molecule has 2 heteroatoms. The lowest BCUT2D eigenvalue weighted by Crippen LogP contribution is -2.30. The van der Waals surface area contributed by atoms with Crippen LogP contribution < -0.4 is 0 Å². The Hall–Kier alpha value is -0.530. The fourth-order valence-electron chi connectivity index (χ4n) is 3.39. The predicted molar refractivity (Wildman–Crippen MR) is 70.4 cm³/mol. The third-order valence-corrected chi connectivity index (χ3v) is 5.33. The molecule has 17 heavy (non-hydrogen) atoms. The third-order valence-electron chi connectivity index (χ3n) is 5.08. The molecule has 1 aliphatic heterocycles. The standard InChI is InChI=1S/C15H19ClO/c1-13(2)8-9-15(14(13,3)17-15)10-11-4-6-12(16)7-5-11/h4-7H,8-10H2,1-3H3. The van der Waals surface area contributed by atoms with E-state index in [4.69, 9.17) is 16.3 Å². The first kappa shape index (κ1) is 11.6. The lowest BCUT2D eigenvalue weighted by atomic mass is 9.78. The molecule has 0 N–H and O–H groups in total. The van der Waals surface area contributed by atoms with Crippen LogP contribution in [0.3, 0.4) is 0 Å². The van der Waals surface area contributed by atoms with Crippen molar-refractivity contribution in [1.82, 2.24) is 0 Å². The summed E-state index contributed by atoms with van der Waals surface area (Å²) >= 11 is 5.91. The highest BCUT2D eigenvalue weighted by Gasteiger charge is 2.76. The van der Waals surface area contributed by atoms with E-state index in [0.29, 0.717) is 5.41 Å². The van der Waals surface area contributed by atoms with Gasteiger partial charge in [-0.1, -0.05) is 37.6 Å². The monoisotopic (exact) mass is 250 g/mol. The van der Waals surface area contributed by atoms with Gasteiger partial charge in [0.05, 0.1) is 0 Å². The van der Waals surface area contributed by atoms with Gasteiger partial charge in [-0.25, -0.2) is 0 Å². The van der Waals surface area contributed by atoms with Crippen LogP contribution in [0.25, 0.3) is 0 Å². The van der Waals surface area contributed by atoms with Crippen molar-refractivity contribution < 1.29 is 4.74 Å². The maximum atomic E-state index is 6.14. The van der Waals surface area contributed by atoms with E-state index in [2.05, 4.69) is 32.9 Å². The van der Waals surface area contributed by atoms with Crippen LogP contribution in [0.4, 0.5) is 0 Å². The Morgan fingerprint density at radius 1 is 1.12 bits per heavy atom. The van der Waals surface area contributed by atoms with E-state index in [9.17, 15) is 0 Å². The minimum atomic E-state index is 0.0691. The molecule has 1 heterocycles. The molecule has 1 aromatic carbocycles. The van der Waals surface area contributed by atoms with E-state index in [0.717, 1.165) is 11.4 Å². The van der Waals surface area contributed by atoms with Gasteiger partial charge in [-0.3, -0.25) is 0 Å². The highest BCUT2D eigenvalue weighted by molar-refractivity contribution is 6.30. The predicted octanol–water partition coefficient (Wildman–Crippen LogP) is 4.23. The quantitative estimate of drug-likeness (QED) is 0.716. The van der Waals surface area contributed by atoms with Crippen LogP contribution in [-0.2, 0) is 11.2 Å². The van der Waals surface area contributed by atoms with Crippen molar-refractivity contribution in [3.8, 4) is 0 Å². The molecule has 1 saturated carbocycles. The number of hydrogen-bond donors (Lipinski definition) is 0. The highest BCUT2D eigenvalue weighted by Crippen LogP contribution is 2.68. The number of fused-ring (bicyclic) bond motifs is 1. The van der Waals surface area contributed by atoms with Crippen LogP contribution in [0.5, 0.6) is 0 Å². The zero-order valence-electron chi connectivity index (χ0n) is 10.7. The van der Waals surface area contributed by atoms with Crippen molar-refractivity contribution in [1.29, 1.82) is 0 Å². The molecule has 0 bridgehead atoms. The Bertz CT molecular complexity index is 446. The number of ether oxygens (including phenoxy) is 1. The van der Waals surface area contributed by atoms with Crippen LogP contribution in [0.1, 0.15) is 39.2 Å². The van der Waals surface area contributed by atoms with Crippen LogP contribution >= 0.6 is 11.6 Å². The molecule has 0 aromatic heterocycles. The van der Waals surface area contributed by atoms with Crippen LogP contribution in [0.2, 0.25) is 5.02 Å². The third kappa shape index (κ3) is 1.49. The molecule has 2 atom stereocenters. The molecule has 1 saturated heterocycles. The molecule has 1 nitrogen and oxygen atoms in total. The number of benzene rings is 1. The average molecular weight is 251 g/mol. The summed E-state index contributed by atoms with van der Waals surface area (Å²) in [7, 11) is 0. The van der Waals surface area contributed by atoms with E-state index in [-0.39, 0.29) is 11.2 Å². The second-order valence-corrected chi connectivity index (χ2v) is 6.75. The molecular weight excluding hydrogens is 232 g/mol. The van der Waals surface area contributed by atoms with Gasteiger partial charge in [-0.2, -0.15) is 0 Å². The Labute approximate surface area is 108 Å². The fraction of sp³-hybridized carbons (Fsp3) is 0.600. The normalized spacial score (nSPS) is 37.9. The fourth-order valence-corrected chi connectivity index (χ4v) is 3.51. The molecule has 1 aliphatic carbocycles. The summed E-state index contributed by atoms with van der Waals surface area (Å²) in [5, 5.41) is 0.803. The maximum absolute atomic E-state index is 6.14. The van der Waals surface area contributed by atoms with Crippen LogP contribution in [0, 0.1) is 5.41 Å². The molecule has 0 spiro atoms. The molecule has 1 aromatic rings. The molecular formula is C15H19ClO. The maximum Gasteiger partial charge on any atom is 0.102 e. The van der Waals surface area contributed by atoms with E-state index >= 15 is 0 Å². The largest absolute Gasteiger partial charge is 0.362 e. The van der Waals surface area contributed by atoms with Gasteiger partial charge in [-0.15, -0.1) is 0 Å². The highest BCUT2D eigenvalue weighted by atomic mass is 35.5. The molecule has 3 rings (SSSR count). The second-order valence-electron chi connectivity index (χ2n) is 6.32. The van der Waals surface area contributed by atoms with E-state index in [1.54, 1.807) is 0 Å². The summed E-state index contributed by atoms with van der Waals surface area (Å²) in [5.41, 5.74) is 1.79. The average Bonchev–Trinajstić information content (AvgIpc) is 2.82. The van der Waals surface area contributed by atoms with Gasteiger partial charge in [-0.05, 0) is 42.9 Å². The SMILES string of the molecule is CC1(C)CCC2(Cc3ccc(Cl)cc3)OC12C. The summed E-state index contributed by atoms with van der Waals surface area (Å²) in [6, 6.07) is 8.16. The molecule has 2 fully saturated rings. The number of epoxide rings is 1. The van der Waals surface area contributed by atoms with Crippen molar-refractivity contribution >= 4 is 11.6 Å². The Morgan fingerprint density at radius 3 is 2.24 bits per heavy atom. The first-order chi connectivity index (χ1) is 7.89. The van der Waals surface area contributed by atoms with E-state index in [1.807, 2.05) is 12.1 Å². The number of rotatable bonds is 2. The van der Waals surface area contributed by atoms with Gasteiger partial charge in [0, 0.05) is 11.4 Å².